The van der Waals surface area contributed by atoms with E-state index in [-0.39, 0.29) is 12.1 Å². The van der Waals surface area contributed by atoms with Crippen molar-refractivity contribution in [1.29, 1.82) is 0 Å². The van der Waals surface area contributed by atoms with Crippen molar-refractivity contribution < 1.29 is 4.79 Å². The predicted octanol–water partition coefficient (Wildman–Crippen LogP) is 2.18. The van der Waals surface area contributed by atoms with Gasteiger partial charge in [-0.15, -0.1) is 0 Å². The van der Waals surface area contributed by atoms with E-state index in [9.17, 15) is 4.79 Å². The molecule has 0 radical (unpaired) electrons. The van der Waals surface area contributed by atoms with Crippen molar-refractivity contribution >= 4 is 17.4 Å². The van der Waals surface area contributed by atoms with Crippen LogP contribution < -0.4 is 15.5 Å². The number of anilines is 2. The van der Waals surface area contributed by atoms with Crippen LogP contribution in [0.3, 0.4) is 0 Å². The standard InChI is InChI=1S/C15H17N5O/c1-11(14-10-16-5-6-17-14)19-12-3-2-4-13(9-12)20-8-7-18-15(20)21/h2-6,9-11,19H,7-8H2,1H3,(H,18,21). The molecule has 1 saturated heterocycles. The first-order valence-corrected chi connectivity index (χ1v) is 6.92. The number of carbonyl (C=O) groups is 1. The molecule has 1 aliphatic heterocycles. The highest BCUT2D eigenvalue weighted by molar-refractivity contribution is 5.94. The Labute approximate surface area is 123 Å². The highest BCUT2D eigenvalue weighted by Gasteiger charge is 2.21. The summed E-state index contributed by atoms with van der Waals surface area (Å²) in [6.07, 6.45) is 5.08. The molecular formula is C15H17N5O. The van der Waals surface area contributed by atoms with Crippen molar-refractivity contribution in [1.82, 2.24) is 15.3 Å². The average Bonchev–Trinajstić information content (AvgIpc) is 2.94. The van der Waals surface area contributed by atoms with E-state index in [1.807, 2.05) is 31.2 Å². The molecule has 2 N–H and O–H groups in total. The minimum absolute atomic E-state index is 0.0429. The van der Waals surface area contributed by atoms with Crippen LogP contribution in [0.5, 0.6) is 0 Å². The Hall–Kier alpha value is -2.63. The molecule has 1 aromatic carbocycles. The molecule has 0 spiro atoms. The third-order valence-corrected chi connectivity index (χ3v) is 3.42. The van der Waals surface area contributed by atoms with Gasteiger partial charge in [-0.3, -0.25) is 14.9 Å². The van der Waals surface area contributed by atoms with E-state index in [4.69, 9.17) is 0 Å². The van der Waals surface area contributed by atoms with Gasteiger partial charge in [0.2, 0.25) is 0 Å². The molecule has 0 aliphatic carbocycles. The molecule has 6 nitrogen and oxygen atoms in total. The van der Waals surface area contributed by atoms with Crippen molar-refractivity contribution in [2.45, 2.75) is 13.0 Å². The van der Waals surface area contributed by atoms with Gasteiger partial charge in [0.15, 0.2) is 0 Å². The lowest BCUT2D eigenvalue weighted by Crippen LogP contribution is -2.27. The second-order valence-electron chi connectivity index (χ2n) is 4.93. The van der Waals surface area contributed by atoms with E-state index in [1.54, 1.807) is 23.5 Å². The lowest BCUT2D eigenvalue weighted by atomic mass is 10.2. The number of urea groups is 1. The molecular weight excluding hydrogens is 266 g/mol. The summed E-state index contributed by atoms with van der Waals surface area (Å²) in [4.78, 5) is 21.8. The third-order valence-electron chi connectivity index (χ3n) is 3.42. The maximum absolute atomic E-state index is 11.7. The summed E-state index contributed by atoms with van der Waals surface area (Å²) in [5, 5.41) is 6.18. The van der Waals surface area contributed by atoms with Crippen molar-refractivity contribution in [3.63, 3.8) is 0 Å². The number of carbonyl (C=O) groups excluding carboxylic acids is 1. The number of aromatic nitrogens is 2. The Bertz CT molecular complexity index is 631. The highest BCUT2D eigenvalue weighted by Crippen LogP contribution is 2.23. The van der Waals surface area contributed by atoms with Crippen molar-refractivity contribution in [3.8, 4) is 0 Å². The van der Waals surface area contributed by atoms with E-state index in [1.165, 1.54) is 0 Å². The van der Waals surface area contributed by atoms with Crippen LogP contribution in [-0.4, -0.2) is 29.1 Å². The molecule has 21 heavy (non-hydrogen) atoms. The van der Waals surface area contributed by atoms with Crippen LogP contribution >= 0.6 is 0 Å². The fraction of sp³-hybridized carbons (Fsp3) is 0.267. The zero-order chi connectivity index (χ0) is 14.7. The minimum atomic E-state index is -0.0471. The monoisotopic (exact) mass is 283 g/mol. The zero-order valence-electron chi connectivity index (χ0n) is 11.8. The van der Waals surface area contributed by atoms with Crippen molar-refractivity contribution in [2.24, 2.45) is 0 Å². The van der Waals surface area contributed by atoms with E-state index < -0.39 is 0 Å². The molecule has 0 saturated carbocycles. The number of hydrogen-bond acceptors (Lipinski definition) is 4. The number of hydrogen-bond donors (Lipinski definition) is 2. The van der Waals surface area contributed by atoms with Crippen LogP contribution in [0.15, 0.2) is 42.9 Å². The molecule has 2 heterocycles. The molecule has 2 amide bonds. The molecule has 108 valence electrons. The van der Waals surface area contributed by atoms with Gasteiger partial charge in [-0.05, 0) is 25.1 Å². The Kier molecular flexibility index (Phi) is 3.68. The summed E-state index contributed by atoms with van der Waals surface area (Å²) < 4.78 is 0. The van der Waals surface area contributed by atoms with Crippen LogP contribution in [-0.2, 0) is 0 Å². The predicted molar refractivity (Wildman–Crippen MR) is 81.3 cm³/mol. The topological polar surface area (TPSA) is 70.2 Å². The first-order valence-electron chi connectivity index (χ1n) is 6.92. The van der Waals surface area contributed by atoms with E-state index in [2.05, 4.69) is 20.6 Å². The van der Waals surface area contributed by atoms with Gasteiger partial charge in [-0.2, -0.15) is 0 Å². The highest BCUT2D eigenvalue weighted by atomic mass is 16.2. The molecule has 0 bridgehead atoms. The average molecular weight is 283 g/mol. The summed E-state index contributed by atoms with van der Waals surface area (Å²) in [5.74, 6) is 0. The smallest absolute Gasteiger partial charge is 0.321 e. The van der Waals surface area contributed by atoms with Gasteiger partial charge in [-0.1, -0.05) is 6.07 Å². The van der Waals surface area contributed by atoms with Gasteiger partial charge in [0, 0.05) is 36.9 Å². The number of nitrogens with zero attached hydrogens (tertiary/aromatic N) is 3. The molecule has 1 atom stereocenters. The summed E-state index contributed by atoms with van der Waals surface area (Å²) in [7, 11) is 0. The van der Waals surface area contributed by atoms with Crippen LogP contribution in [0, 0.1) is 0 Å². The summed E-state index contributed by atoms with van der Waals surface area (Å²) in [6.45, 7) is 3.41. The molecule has 1 unspecified atom stereocenters. The minimum Gasteiger partial charge on any atom is -0.377 e. The second kappa shape index (κ2) is 5.78. The summed E-state index contributed by atoms with van der Waals surface area (Å²) >= 11 is 0. The zero-order valence-corrected chi connectivity index (χ0v) is 11.8. The van der Waals surface area contributed by atoms with Crippen LogP contribution in [0.2, 0.25) is 0 Å². The number of amides is 2. The largest absolute Gasteiger partial charge is 0.377 e. The summed E-state index contributed by atoms with van der Waals surface area (Å²) in [6, 6.07) is 7.81. The van der Waals surface area contributed by atoms with E-state index in [0.717, 1.165) is 17.1 Å². The Morgan fingerprint density at radius 1 is 1.38 bits per heavy atom. The van der Waals surface area contributed by atoms with E-state index >= 15 is 0 Å². The fourth-order valence-electron chi connectivity index (χ4n) is 2.34. The SMILES string of the molecule is CC(Nc1cccc(N2CCNC2=O)c1)c1cnccn1. The number of benzene rings is 1. The molecule has 2 aromatic rings. The van der Waals surface area contributed by atoms with Gasteiger partial charge in [-0.25, -0.2) is 4.79 Å². The Morgan fingerprint density at radius 3 is 3.00 bits per heavy atom. The van der Waals surface area contributed by atoms with Crippen molar-refractivity contribution in [3.05, 3.63) is 48.5 Å². The number of rotatable bonds is 4. The molecule has 6 heteroatoms. The second-order valence-corrected chi connectivity index (χ2v) is 4.93. The molecule has 1 aromatic heterocycles. The van der Waals surface area contributed by atoms with Gasteiger partial charge < -0.3 is 10.6 Å². The molecule has 3 rings (SSSR count). The van der Waals surface area contributed by atoms with Crippen LogP contribution in [0.1, 0.15) is 18.7 Å². The van der Waals surface area contributed by atoms with Gasteiger partial charge in [0.25, 0.3) is 0 Å². The lowest BCUT2D eigenvalue weighted by Gasteiger charge is -2.18. The van der Waals surface area contributed by atoms with Crippen molar-refractivity contribution in [2.75, 3.05) is 23.3 Å². The first kappa shape index (κ1) is 13.4. The maximum atomic E-state index is 11.7. The van der Waals surface area contributed by atoms with Crippen LogP contribution in [0.4, 0.5) is 16.2 Å². The quantitative estimate of drug-likeness (QED) is 0.902. The lowest BCUT2D eigenvalue weighted by molar-refractivity contribution is 0.252. The van der Waals surface area contributed by atoms with Gasteiger partial charge >= 0.3 is 6.03 Å². The Morgan fingerprint density at radius 2 is 2.29 bits per heavy atom. The fourth-order valence-corrected chi connectivity index (χ4v) is 2.34. The van der Waals surface area contributed by atoms with E-state index in [0.29, 0.717) is 13.1 Å². The Balaban J connectivity index is 1.76. The maximum Gasteiger partial charge on any atom is 0.321 e. The normalized spacial score (nSPS) is 15.7. The summed E-state index contributed by atoms with van der Waals surface area (Å²) in [5.41, 5.74) is 2.72. The number of nitrogens with one attached hydrogen (secondary N) is 2. The van der Waals surface area contributed by atoms with Gasteiger partial charge in [0.1, 0.15) is 0 Å². The van der Waals surface area contributed by atoms with Crippen LogP contribution in [0.25, 0.3) is 0 Å². The first-order chi connectivity index (χ1) is 10.2. The molecule has 1 fully saturated rings. The van der Waals surface area contributed by atoms with Gasteiger partial charge in [0.05, 0.1) is 17.9 Å². The molecule has 1 aliphatic rings. The third kappa shape index (κ3) is 2.94.